The highest BCUT2D eigenvalue weighted by molar-refractivity contribution is 9.10. The summed E-state index contributed by atoms with van der Waals surface area (Å²) < 4.78 is 6.28. The van der Waals surface area contributed by atoms with Crippen LogP contribution in [-0.4, -0.2) is 18.0 Å². The molecule has 3 rings (SSSR count). The van der Waals surface area contributed by atoms with Crippen LogP contribution in [0.5, 0.6) is 5.75 Å². The largest absolute Gasteiger partial charge is 0.487 e. The summed E-state index contributed by atoms with van der Waals surface area (Å²) in [6.45, 7) is 6.11. The van der Waals surface area contributed by atoms with Gasteiger partial charge in [-0.1, -0.05) is 55.1 Å². The molecule has 0 saturated carbocycles. The fourth-order valence-electron chi connectivity index (χ4n) is 2.65. The van der Waals surface area contributed by atoms with E-state index < -0.39 is 0 Å². The molecule has 0 aliphatic carbocycles. The zero-order chi connectivity index (χ0) is 20.1. The number of anilines is 1. The van der Waals surface area contributed by atoms with E-state index in [1.807, 2.05) is 24.3 Å². The van der Waals surface area contributed by atoms with Gasteiger partial charge in [0.25, 0.3) is 5.91 Å². The van der Waals surface area contributed by atoms with Crippen LogP contribution in [0.4, 0.5) is 5.69 Å². The van der Waals surface area contributed by atoms with E-state index in [4.69, 9.17) is 16.3 Å². The Hall–Kier alpha value is -1.89. The van der Waals surface area contributed by atoms with Gasteiger partial charge in [0.15, 0.2) is 11.2 Å². The van der Waals surface area contributed by atoms with Gasteiger partial charge in [0.1, 0.15) is 6.61 Å². The zero-order valence-corrected chi connectivity index (χ0v) is 18.5. The number of amides is 1. The van der Waals surface area contributed by atoms with Crippen molar-refractivity contribution in [2.24, 2.45) is 0 Å². The molecule has 0 aromatic heterocycles. The number of hydrogen-bond acceptors (Lipinski definition) is 4. The minimum absolute atomic E-state index is 0.119. The molecule has 1 heterocycles. The first-order chi connectivity index (χ1) is 13.5. The SMILES string of the molecule is C=CCOc1c(Cl)cc(/C=C2\S[C@H](Nc3ccc(CC)cc3)NC2=O)cc1Br. The molecule has 0 unspecified atom stereocenters. The first kappa shape index (κ1) is 20.8. The van der Waals surface area contributed by atoms with Gasteiger partial charge in [-0.05, 0) is 63.8 Å². The lowest BCUT2D eigenvalue weighted by Crippen LogP contribution is -2.30. The van der Waals surface area contributed by atoms with Gasteiger partial charge < -0.3 is 15.4 Å². The lowest BCUT2D eigenvalue weighted by Gasteiger charge is -2.13. The summed E-state index contributed by atoms with van der Waals surface area (Å²) >= 11 is 11.2. The average Bonchev–Trinajstić information content (AvgIpc) is 3.00. The predicted molar refractivity (Wildman–Crippen MR) is 122 cm³/mol. The van der Waals surface area contributed by atoms with Crippen molar-refractivity contribution in [2.75, 3.05) is 11.9 Å². The van der Waals surface area contributed by atoms with Gasteiger partial charge in [0.2, 0.25) is 0 Å². The van der Waals surface area contributed by atoms with E-state index in [-0.39, 0.29) is 11.4 Å². The number of ether oxygens (including phenoxy) is 1. The summed E-state index contributed by atoms with van der Waals surface area (Å²) in [6.07, 6.45) is 4.47. The van der Waals surface area contributed by atoms with E-state index in [0.717, 1.165) is 22.1 Å². The lowest BCUT2D eigenvalue weighted by atomic mass is 10.1. The number of carbonyl (C=O) groups is 1. The summed E-state index contributed by atoms with van der Waals surface area (Å²) in [5.74, 6) is 0.439. The van der Waals surface area contributed by atoms with Crippen LogP contribution in [0.2, 0.25) is 5.02 Å². The zero-order valence-electron chi connectivity index (χ0n) is 15.3. The summed E-state index contributed by atoms with van der Waals surface area (Å²) in [5.41, 5.74) is 2.83. The van der Waals surface area contributed by atoms with E-state index in [0.29, 0.717) is 22.3 Å². The molecule has 1 aliphatic heterocycles. The number of benzene rings is 2. The Kier molecular flexibility index (Phi) is 7.10. The van der Waals surface area contributed by atoms with Crippen LogP contribution in [0.15, 0.2) is 58.4 Å². The molecule has 1 amide bonds. The van der Waals surface area contributed by atoms with Gasteiger partial charge in [-0.2, -0.15) is 0 Å². The third-order valence-corrected chi connectivity index (χ3v) is 5.95. The van der Waals surface area contributed by atoms with E-state index >= 15 is 0 Å². The van der Waals surface area contributed by atoms with Crippen molar-refractivity contribution in [2.45, 2.75) is 18.8 Å². The molecule has 2 aromatic carbocycles. The summed E-state index contributed by atoms with van der Waals surface area (Å²) in [7, 11) is 0. The number of rotatable bonds is 7. The first-order valence-electron chi connectivity index (χ1n) is 8.77. The average molecular weight is 480 g/mol. The highest BCUT2D eigenvalue weighted by Gasteiger charge is 2.27. The molecule has 7 heteroatoms. The standard InChI is InChI=1S/C21H20BrClN2O2S/c1-3-9-27-19-16(22)10-14(11-17(19)23)12-18-20(26)25-21(28-18)24-15-7-5-13(4-2)6-8-15/h3,5-8,10-12,21,24H,1,4,9H2,2H3,(H,25,26)/b18-12-/t21-/m1/s1. The molecular formula is C21H20BrClN2O2S. The third-order valence-electron chi connectivity index (χ3n) is 4.05. The highest BCUT2D eigenvalue weighted by Crippen LogP contribution is 2.37. The van der Waals surface area contributed by atoms with Crippen LogP contribution < -0.4 is 15.4 Å². The molecule has 4 nitrogen and oxygen atoms in total. The third kappa shape index (κ3) is 5.13. The fraction of sp³-hybridized carbons (Fsp3) is 0.190. The number of aryl methyl sites for hydroxylation is 1. The van der Waals surface area contributed by atoms with Gasteiger partial charge in [-0.3, -0.25) is 4.79 Å². The van der Waals surface area contributed by atoms with Crippen molar-refractivity contribution in [3.05, 3.63) is 74.6 Å². The Morgan fingerprint density at radius 3 is 2.75 bits per heavy atom. The van der Waals surface area contributed by atoms with Crippen LogP contribution in [0.25, 0.3) is 6.08 Å². The number of thioether (sulfide) groups is 1. The van der Waals surface area contributed by atoms with Gasteiger partial charge in [0, 0.05) is 5.69 Å². The Balaban J connectivity index is 1.72. The van der Waals surface area contributed by atoms with Crippen molar-refractivity contribution in [3.63, 3.8) is 0 Å². The molecule has 28 heavy (non-hydrogen) atoms. The van der Waals surface area contributed by atoms with Crippen LogP contribution in [0.1, 0.15) is 18.1 Å². The monoisotopic (exact) mass is 478 g/mol. The highest BCUT2D eigenvalue weighted by atomic mass is 79.9. The second-order valence-corrected chi connectivity index (χ2v) is 8.50. The second-order valence-electron chi connectivity index (χ2n) is 6.09. The van der Waals surface area contributed by atoms with Crippen molar-refractivity contribution in [1.29, 1.82) is 0 Å². The molecule has 2 aromatic rings. The van der Waals surface area contributed by atoms with Crippen LogP contribution >= 0.6 is 39.3 Å². The quantitative estimate of drug-likeness (QED) is 0.387. The van der Waals surface area contributed by atoms with Crippen molar-refractivity contribution < 1.29 is 9.53 Å². The van der Waals surface area contributed by atoms with Gasteiger partial charge in [-0.15, -0.1) is 0 Å². The van der Waals surface area contributed by atoms with Gasteiger partial charge in [0.05, 0.1) is 14.4 Å². The summed E-state index contributed by atoms with van der Waals surface area (Å²) in [5, 5.41) is 6.72. The molecule has 1 fully saturated rings. The molecule has 146 valence electrons. The minimum atomic E-state index is -0.222. The van der Waals surface area contributed by atoms with E-state index in [1.54, 1.807) is 12.1 Å². The van der Waals surface area contributed by atoms with E-state index in [2.05, 4.69) is 52.2 Å². The smallest absolute Gasteiger partial charge is 0.260 e. The van der Waals surface area contributed by atoms with Gasteiger partial charge in [-0.25, -0.2) is 0 Å². The van der Waals surface area contributed by atoms with E-state index in [1.165, 1.54) is 17.3 Å². The molecule has 0 spiro atoms. The maximum atomic E-state index is 12.3. The molecule has 0 bridgehead atoms. The second kappa shape index (κ2) is 9.54. The maximum Gasteiger partial charge on any atom is 0.260 e. The molecule has 1 saturated heterocycles. The fourth-order valence-corrected chi connectivity index (χ4v) is 4.62. The van der Waals surface area contributed by atoms with Crippen molar-refractivity contribution >= 4 is 57.0 Å². The van der Waals surface area contributed by atoms with Crippen molar-refractivity contribution in [3.8, 4) is 5.75 Å². The Bertz CT molecular complexity index is 892. The number of carbonyl (C=O) groups excluding carboxylic acids is 1. The van der Waals surface area contributed by atoms with Crippen LogP contribution in [0, 0.1) is 0 Å². The van der Waals surface area contributed by atoms with Gasteiger partial charge >= 0.3 is 0 Å². The molecule has 2 N–H and O–H groups in total. The normalized spacial score (nSPS) is 17.5. The molecule has 1 atom stereocenters. The molecule has 1 aliphatic rings. The lowest BCUT2D eigenvalue weighted by molar-refractivity contribution is -0.116. The predicted octanol–water partition coefficient (Wildman–Crippen LogP) is 5.83. The van der Waals surface area contributed by atoms with Crippen molar-refractivity contribution in [1.82, 2.24) is 5.32 Å². The molecule has 0 radical (unpaired) electrons. The number of nitrogens with one attached hydrogen (secondary N) is 2. The topological polar surface area (TPSA) is 50.4 Å². The Morgan fingerprint density at radius 2 is 2.11 bits per heavy atom. The summed E-state index contributed by atoms with van der Waals surface area (Å²) in [6, 6.07) is 11.8. The summed E-state index contributed by atoms with van der Waals surface area (Å²) in [4.78, 5) is 13.0. The number of halogens is 2. The van der Waals surface area contributed by atoms with Crippen LogP contribution in [0.3, 0.4) is 0 Å². The Morgan fingerprint density at radius 1 is 1.36 bits per heavy atom. The number of hydrogen-bond donors (Lipinski definition) is 2. The van der Waals surface area contributed by atoms with Crippen LogP contribution in [-0.2, 0) is 11.2 Å². The molecular weight excluding hydrogens is 460 g/mol. The minimum Gasteiger partial charge on any atom is -0.487 e. The first-order valence-corrected chi connectivity index (χ1v) is 10.8. The Labute approximate surface area is 182 Å². The maximum absolute atomic E-state index is 12.3. The van der Waals surface area contributed by atoms with E-state index in [9.17, 15) is 4.79 Å².